The number of carbonyl (C=O) groups excluding carboxylic acids is 1. The topological polar surface area (TPSA) is 21.4 Å². The summed E-state index contributed by atoms with van der Waals surface area (Å²) in [6, 6.07) is 6.31. The number of fused-ring (bicyclic) bond motifs is 1. The van der Waals surface area contributed by atoms with Gasteiger partial charge in [0.05, 0.1) is 6.57 Å². The maximum absolute atomic E-state index is 12.6. The largest absolute Gasteiger partial charge is 0.307 e. The van der Waals surface area contributed by atoms with Gasteiger partial charge in [0.15, 0.2) is 5.78 Å². The van der Waals surface area contributed by atoms with Crippen LogP contribution in [0.3, 0.4) is 0 Å². The van der Waals surface area contributed by atoms with Crippen LogP contribution >= 0.6 is 0 Å². The smallest absolute Gasteiger partial charge is 0.233 e. The van der Waals surface area contributed by atoms with Gasteiger partial charge < -0.3 is 4.79 Å². The van der Waals surface area contributed by atoms with Gasteiger partial charge in [-0.05, 0) is 35.5 Å². The fourth-order valence-electron chi connectivity index (χ4n) is 2.94. The monoisotopic (exact) mass is 281 g/mol. The van der Waals surface area contributed by atoms with Gasteiger partial charge >= 0.3 is 0 Å². The zero-order valence-corrected chi connectivity index (χ0v) is 13.8. The Morgan fingerprint density at radius 2 is 1.90 bits per heavy atom. The number of allylic oxidation sites excluding steroid dienone is 2. The van der Waals surface area contributed by atoms with E-state index in [2.05, 4.69) is 43.8 Å². The third-order valence-corrected chi connectivity index (χ3v) is 4.14. The van der Waals surface area contributed by atoms with Crippen LogP contribution < -0.4 is 0 Å². The van der Waals surface area contributed by atoms with Crippen molar-refractivity contribution >= 4 is 11.4 Å². The Kier molecular flexibility index (Phi) is 3.58. The molecule has 0 aliphatic heterocycles. The molecule has 2 nitrogen and oxygen atoms in total. The van der Waals surface area contributed by atoms with Crippen molar-refractivity contribution < 1.29 is 4.79 Å². The van der Waals surface area contributed by atoms with Gasteiger partial charge in [-0.15, -0.1) is 0 Å². The standard InChI is InChI=1S/C19H23NO/c1-12-8-9-13-14(11-19(5,6)15(13)10-12)16(20-7)17(21)18(2,3)4/h8-10H,11H2,1-6H3/b16-14-. The molecule has 0 radical (unpaired) electrons. The summed E-state index contributed by atoms with van der Waals surface area (Å²) in [7, 11) is 0. The lowest BCUT2D eigenvalue weighted by Crippen LogP contribution is -2.21. The molecule has 0 saturated carbocycles. The van der Waals surface area contributed by atoms with E-state index in [0.29, 0.717) is 5.70 Å². The molecule has 0 bridgehead atoms. The van der Waals surface area contributed by atoms with Crippen molar-refractivity contribution in [1.29, 1.82) is 0 Å². The first-order valence-corrected chi connectivity index (χ1v) is 7.35. The van der Waals surface area contributed by atoms with Gasteiger partial charge in [0.1, 0.15) is 0 Å². The lowest BCUT2D eigenvalue weighted by Gasteiger charge is -2.19. The molecule has 0 fully saturated rings. The lowest BCUT2D eigenvalue weighted by atomic mass is 9.84. The Balaban J connectivity index is 2.70. The van der Waals surface area contributed by atoms with E-state index in [1.54, 1.807) is 0 Å². The molecular formula is C19H23NO. The Hall–Kier alpha value is -1.88. The van der Waals surface area contributed by atoms with E-state index < -0.39 is 5.41 Å². The Labute approximate surface area is 127 Å². The summed E-state index contributed by atoms with van der Waals surface area (Å²) in [6.07, 6.45) is 0.755. The van der Waals surface area contributed by atoms with Crippen LogP contribution in [0.1, 0.15) is 57.7 Å². The molecule has 0 unspecified atom stereocenters. The molecule has 0 saturated heterocycles. The second kappa shape index (κ2) is 4.84. The van der Waals surface area contributed by atoms with Gasteiger partial charge in [0.25, 0.3) is 0 Å². The first kappa shape index (κ1) is 15.5. The highest BCUT2D eigenvalue weighted by atomic mass is 16.1. The Morgan fingerprint density at radius 3 is 2.43 bits per heavy atom. The van der Waals surface area contributed by atoms with Crippen molar-refractivity contribution in [1.82, 2.24) is 0 Å². The molecular weight excluding hydrogens is 258 g/mol. The Bertz CT molecular complexity index is 678. The minimum atomic E-state index is -0.523. The van der Waals surface area contributed by atoms with E-state index in [4.69, 9.17) is 6.57 Å². The zero-order valence-electron chi connectivity index (χ0n) is 13.8. The van der Waals surface area contributed by atoms with E-state index in [1.165, 1.54) is 11.1 Å². The molecule has 110 valence electrons. The van der Waals surface area contributed by atoms with Gasteiger partial charge in [-0.1, -0.05) is 58.4 Å². The third kappa shape index (κ3) is 2.65. The van der Waals surface area contributed by atoms with Gasteiger partial charge in [-0.2, -0.15) is 0 Å². The summed E-state index contributed by atoms with van der Waals surface area (Å²) in [6.45, 7) is 19.6. The molecule has 2 rings (SSSR count). The molecule has 0 N–H and O–H groups in total. The van der Waals surface area contributed by atoms with Crippen molar-refractivity contribution in [2.24, 2.45) is 5.41 Å². The van der Waals surface area contributed by atoms with Crippen molar-refractivity contribution in [3.05, 3.63) is 52.0 Å². The number of benzene rings is 1. The molecule has 0 aromatic heterocycles. The van der Waals surface area contributed by atoms with Gasteiger partial charge in [0, 0.05) is 5.41 Å². The average molecular weight is 281 g/mol. The predicted octanol–water partition coefficient (Wildman–Crippen LogP) is 4.92. The summed E-state index contributed by atoms with van der Waals surface area (Å²) in [5.74, 6) is -0.0586. The number of hydrogen-bond acceptors (Lipinski definition) is 1. The lowest BCUT2D eigenvalue weighted by molar-refractivity contribution is -0.122. The number of hydrogen-bond donors (Lipinski definition) is 0. The van der Waals surface area contributed by atoms with Crippen LogP contribution in [-0.4, -0.2) is 5.78 Å². The maximum Gasteiger partial charge on any atom is 0.233 e. The molecule has 21 heavy (non-hydrogen) atoms. The molecule has 1 aliphatic carbocycles. The molecule has 0 amide bonds. The minimum absolute atomic E-state index is 0.0230. The Morgan fingerprint density at radius 1 is 1.29 bits per heavy atom. The number of ketones is 1. The molecule has 0 spiro atoms. The third-order valence-electron chi connectivity index (χ3n) is 4.14. The molecule has 1 aliphatic rings. The summed E-state index contributed by atoms with van der Waals surface area (Å²) in [5, 5.41) is 0. The van der Waals surface area contributed by atoms with Crippen LogP contribution in [0.25, 0.3) is 10.4 Å². The fraction of sp³-hybridized carbons (Fsp3) is 0.474. The summed E-state index contributed by atoms with van der Waals surface area (Å²) < 4.78 is 0. The second-order valence-electron chi connectivity index (χ2n) is 7.63. The van der Waals surface area contributed by atoms with Crippen LogP contribution in [0.5, 0.6) is 0 Å². The number of aryl methyl sites for hydroxylation is 1. The van der Waals surface area contributed by atoms with E-state index in [9.17, 15) is 4.79 Å². The summed E-state index contributed by atoms with van der Waals surface area (Å²) in [4.78, 5) is 16.2. The zero-order chi connectivity index (χ0) is 16.0. The number of carbonyl (C=O) groups is 1. The molecule has 2 heteroatoms. The van der Waals surface area contributed by atoms with Gasteiger partial charge in [-0.3, -0.25) is 0 Å². The molecule has 0 atom stereocenters. The summed E-state index contributed by atoms with van der Waals surface area (Å²) in [5.41, 5.74) is 4.24. The average Bonchev–Trinajstić information content (AvgIpc) is 2.61. The first-order valence-electron chi connectivity index (χ1n) is 7.35. The summed E-state index contributed by atoms with van der Waals surface area (Å²) >= 11 is 0. The van der Waals surface area contributed by atoms with Crippen LogP contribution in [0.15, 0.2) is 23.9 Å². The van der Waals surface area contributed by atoms with Crippen LogP contribution in [-0.2, 0) is 10.2 Å². The normalized spacial score (nSPS) is 18.9. The fourth-order valence-corrected chi connectivity index (χ4v) is 2.94. The number of Topliss-reactive ketones (excluding diaryl/α,β-unsaturated/α-hetero) is 1. The van der Waals surface area contributed by atoms with E-state index >= 15 is 0 Å². The van der Waals surface area contributed by atoms with Crippen molar-refractivity contribution in [2.45, 2.75) is 53.4 Å². The van der Waals surface area contributed by atoms with Crippen molar-refractivity contribution in [2.75, 3.05) is 0 Å². The quantitative estimate of drug-likeness (QED) is 0.528. The van der Waals surface area contributed by atoms with Crippen LogP contribution in [0.4, 0.5) is 0 Å². The number of rotatable bonds is 1. The van der Waals surface area contributed by atoms with E-state index in [0.717, 1.165) is 17.6 Å². The van der Waals surface area contributed by atoms with Gasteiger partial charge in [0.2, 0.25) is 5.70 Å². The highest BCUT2D eigenvalue weighted by molar-refractivity contribution is 6.08. The molecule has 1 aromatic rings. The SMILES string of the molecule is [C-]#[N+]/C(C(=O)C(C)(C)C)=C1/CC(C)(C)c2cc(C)ccc21. The number of nitrogens with zero attached hydrogens (tertiary/aromatic N) is 1. The van der Waals surface area contributed by atoms with E-state index in [1.807, 2.05) is 20.8 Å². The van der Waals surface area contributed by atoms with Gasteiger partial charge in [-0.25, -0.2) is 4.85 Å². The van der Waals surface area contributed by atoms with Crippen LogP contribution in [0, 0.1) is 18.9 Å². The van der Waals surface area contributed by atoms with Crippen molar-refractivity contribution in [3.63, 3.8) is 0 Å². The molecule has 1 aromatic carbocycles. The van der Waals surface area contributed by atoms with Crippen LogP contribution in [0.2, 0.25) is 0 Å². The molecule has 0 heterocycles. The van der Waals surface area contributed by atoms with Crippen molar-refractivity contribution in [3.8, 4) is 0 Å². The predicted molar refractivity (Wildman–Crippen MR) is 86.8 cm³/mol. The maximum atomic E-state index is 12.6. The first-order chi connectivity index (χ1) is 9.58. The van der Waals surface area contributed by atoms with E-state index in [-0.39, 0.29) is 11.2 Å². The highest BCUT2D eigenvalue weighted by Gasteiger charge is 2.37. The highest BCUT2D eigenvalue weighted by Crippen LogP contribution is 2.47. The second-order valence-corrected chi connectivity index (χ2v) is 7.63. The minimum Gasteiger partial charge on any atom is -0.307 e.